The van der Waals surface area contributed by atoms with Crippen LogP contribution in [-0.2, 0) is 0 Å². The van der Waals surface area contributed by atoms with E-state index in [-0.39, 0.29) is 0 Å². The lowest BCUT2D eigenvalue weighted by Gasteiger charge is -2.06. The number of allylic oxidation sites excluding steroid dienone is 4. The van der Waals surface area contributed by atoms with Crippen LogP contribution in [0.1, 0.15) is 53.4 Å². The first-order valence-electron chi connectivity index (χ1n) is 5.57. The van der Waals surface area contributed by atoms with Gasteiger partial charge < -0.3 is 0 Å². The van der Waals surface area contributed by atoms with E-state index >= 15 is 0 Å². The molecule has 0 nitrogen and oxygen atoms in total. The Labute approximate surface area is 82.7 Å². The van der Waals surface area contributed by atoms with E-state index in [2.05, 4.69) is 34.1 Å². The molecule has 0 heteroatoms. The molecule has 0 fully saturated rings. The third kappa shape index (κ3) is 1.87. The van der Waals surface area contributed by atoms with Crippen molar-refractivity contribution in [1.82, 2.24) is 0 Å². The van der Waals surface area contributed by atoms with Gasteiger partial charge in [0.1, 0.15) is 0 Å². The summed E-state index contributed by atoms with van der Waals surface area (Å²) < 4.78 is 0. The highest BCUT2D eigenvalue weighted by atomic mass is 14.2. The van der Waals surface area contributed by atoms with E-state index in [1.54, 1.807) is 22.3 Å². The lowest BCUT2D eigenvalue weighted by atomic mass is 9.99. The van der Waals surface area contributed by atoms with Crippen molar-refractivity contribution in [2.75, 3.05) is 0 Å². The molecular weight excluding hydrogens is 156 g/mol. The Morgan fingerprint density at radius 3 is 1.31 bits per heavy atom. The summed E-state index contributed by atoms with van der Waals surface area (Å²) in [5.41, 5.74) is 6.41. The van der Waals surface area contributed by atoms with Gasteiger partial charge in [0.2, 0.25) is 0 Å². The van der Waals surface area contributed by atoms with E-state index < -0.39 is 0 Å². The van der Waals surface area contributed by atoms with E-state index in [4.69, 9.17) is 0 Å². The maximum Gasteiger partial charge on any atom is 0.0122 e. The molecular formula is C13H21. The number of hydrogen-bond acceptors (Lipinski definition) is 0. The Balaban J connectivity index is 2.96. The Bertz CT molecular complexity index is 215. The molecule has 73 valence electrons. The van der Waals surface area contributed by atoms with Crippen LogP contribution < -0.4 is 0 Å². The summed E-state index contributed by atoms with van der Waals surface area (Å²) in [5.74, 6) is 0. The van der Waals surface area contributed by atoms with Gasteiger partial charge in [-0.25, -0.2) is 0 Å². The van der Waals surface area contributed by atoms with Crippen molar-refractivity contribution < 1.29 is 0 Å². The monoisotopic (exact) mass is 177 g/mol. The van der Waals surface area contributed by atoms with Crippen molar-refractivity contribution >= 4 is 0 Å². The summed E-state index contributed by atoms with van der Waals surface area (Å²) in [6.07, 6.45) is 7.20. The van der Waals surface area contributed by atoms with Gasteiger partial charge in [-0.1, -0.05) is 38.8 Å². The molecule has 0 bridgehead atoms. The summed E-state index contributed by atoms with van der Waals surface area (Å²) in [6.45, 7) is 9.06. The van der Waals surface area contributed by atoms with Crippen LogP contribution in [0.5, 0.6) is 0 Å². The normalized spacial score (nSPS) is 17.5. The van der Waals surface area contributed by atoms with Crippen molar-refractivity contribution in [2.24, 2.45) is 0 Å². The fourth-order valence-corrected chi connectivity index (χ4v) is 2.28. The van der Waals surface area contributed by atoms with E-state index in [0.717, 1.165) is 0 Å². The topological polar surface area (TPSA) is 0 Å². The van der Waals surface area contributed by atoms with Gasteiger partial charge in [0.25, 0.3) is 0 Å². The Hall–Kier alpha value is -0.520. The third-order valence-corrected chi connectivity index (χ3v) is 2.96. The van der Waals surface area contributed by atoms with Crippen molar-refractivity contribution in [1.29, 1.82) is 0 Å². The molecule has 0 saturated carbocycles. The van der Waals surface area contributed by atoms with Crippen LogP contribution in [0.3, 0.4) is 0 Å². The highest BCUT2D eigenvalue weighted by Gasteiger charge is 2.19. The van der Waals surface area contributed by atoms with Gasteiger partial charge in [0.15, 0.2) is 0 Å². The maximum atomic E-state index is 2.41. The van der Waals surface area contributed by atoms with Crippen LogP contribution in [0.4, 0.5) is 0 Å². The third-order valence-electron chi connectivity index (χ3n) is 2.96. The van der Waals surface area contributed by atoms with E-state index in [9.17, 15) is 0 Å². The molecule has 0 saturated heterocycles. The first kappa shape index (κ1) is 10.6. The van der Waals surface area contributed by atoms with Crippen LogP contribution in [0.15, 0.2) is 22.3 Å². The minimum atomic E-state index is 1.19. The average molecular weight is 177 g/mol. The van der Waals surface area contributed by atoms with Gasteiger partial charge in [-0.05, 0) is 36.8 Å². The zero-order chi connectivity index (χ0) is 9.84. The second-order valence-electron chi connectivity index (χ2n) is 3.57. The minimum Gasteiger partial charge on any atom is -0.0616 e. The first-order valence-corrected chi connectivity index (χ1v) is 5.57. The van der Waals surface area contributed by atoms with Crippen molar-refractivity contribution in [3.8, 4) is 0 Å². The molecule has 1 aliphatic carbocycles. The molecule has 1 radical (unpaired) electrons. The molecule has 0 aromatic heterocycles. The molecule has 0 amide bonds. The van der Waals surface area contributed by atoms with Gasteiger partial charge >= 0.3 is 0 Å². The summed E-state index contributed by atoms with van der Waals surface area (Å²) in [6, 6.07) is 0. The summed E-state index contributed by atoms with van der Waals surface area (Å²) >= 11 is 0. The molecule has 0 aromatic rings. The van der Waals surface area contributed by atoms with Crippen LogP contribution in [0, 0.1) is 6.42 Å². The van der Waals surface area contributed by atoms with Crippen LogP contribution in [0.25, 0.3) is 0 Å². The molecule has 0 N–H and O–H groups in total. The predicted molar refractivity (Wildman–Crippen MR) is 59.5 cm³/mol. The smallest absolute Gasteiger partial charge is 0.0122 e. The van der Waals surface area contributed by atoms with Crippen LogP contribution in [0.2, 0.25) is 0 Å². The van der Waals surface area contributed by atoms with Gasteiger partial charge in [0, 0.05) is 6.42 Å². The SMILES string of the molecule is CCC1=C(CC)C(CC)=C(CC)[CH]1. The molecule has 0 unspecified atom stereocenters. The van der Waals surface area contributed by atoms with Gasteiger partial charge in [-0.2, -0.15) is 0 Å². The first-order chi connectivity index (χ1) is 6.28. The van der Waals surface area contributed by atoms with Crippen LogP contribution >= 0.6 is 0 Å². The van der Waals surface area contributed by atoms with Crippen molar-refractivity contribution in [2.45, 2.75) is 53.4 Å². The molecule has 1 rings (SSSR count). The summed E-state index contributed by atoms with van der Waals surface area (Å²) in [7, 11) is 0. The summed E-state index contributed by atoms with van der Waals surface area (Å²) in [4.78, 5) is 0. The van der Waals surface area contributed by atoms with Crippen molar-refractivity contribution in [3.05, 3.63) is 28.7 Å². The molecule has 0 atom stereocenters. The van der Waals surface area contributed by atoms with Gasteiger partial charge in [-0.15, -0.1) is 0 Å². The molecule has 0 aliphatic heterocycles. The molecule has 0 heterocycles. The zero-order valence-corrected chi connectivity index (χ0v) is 9.41. The lowest BCUT2D eigenvalue weighted by Crippen LogP contribution is -1.87. The Morgan fingerprint density at radius 1 is 0.692 bits per heavy atom. The number of rotatable bonds is 4. The fraction of sp³-hybridized carbons (Fsp3) is 0.615. The van der Waals surface area contributed by atoms with E-state index in [0.29, 0.717) is 0 Å². The minimum absolute atomic E-state index is 1.19. The fourth-order valence-electron chi connectivity index (χ4n) is 2.28. The standard InChI is InChI=1S/C13H21/c1-5-10-9-11(6-2)13(8-4)12(10)7-3/h9H,5-8H2,1-4H3. The Morgan fingerprint density at radius 2 is 1.08 bits per heavy atom. The predicted octanol–water partition coefficient (Wildman–Crippen LogP) is 4.44. The average Bonchev–Trinajstić information content (AvgIpc) is 2.54. The van der Waals surface area contributed by atoms with E-state index in [1.165, 1.54) is 25.7 Å². The van der Waals surface area contributed by atoms with Gasteiger partial charge in [-0.3, -0.25) is 0 Å². The summed E-state index contributed by atoms with van der Waals surface area (Å²) in [5, 5.41) is 0. The molecule has 0 spiro atoms. The zero-order valence-electron chi connectivity index (χ0n) is 9.41. The van der Waals surface area contributed by atoms with Crippen LogP contribution in [-0.4, -0.2) is 0 Å². The van der Waals surface area contributed by atoms with Gasteiger partial charge in [0.05, 0.1) is 0 Å². The van der Waals surface area contributed by atoms with E-state index in [1.807, 2.05) is 0 Å². The second kappa shape index (κ2) is 4.64. The molecule has 0 aromatic carbocycles. The van der Waals surface area contributed by atoms with Crippen molar-refractivity contribution in [3.63, 3.8) is 0 Å². The second-order valence-corrected chi connectivity index (χ2v) is 3.57. The Kier molecular flexibility index (Phi) is 3.77. The quantitative estimate of drug-likeness (QED) is 0.595. The lowest BCUT2D eigenvalue weighted by molar-refractivity contribution is 0.985. The largest absolute Gasteiger partial charge is 0.0616 e. The highest BCUT2D eigenvalue weighted by molar-refractivity contribution is 5.54. The maximum absolute atomic E-state index is 2.41. The number of hydrogen-bond donors (Lipinski definition) is 0. The molecule has 13 heavy (non-hydrogen) atoms. The molecule has 1 aliphatic rings. The highest BCUT2D eigenvalue weighted by Crippen LogP contribution is 2.37.